The van der Waals surface area contributed by atoms with Crippen LogP contribution < -0.4 is 0 Å². The molecule has 0 spiro atoms. The van der Waals surface area contributed by atoms with Gasteiger partial charge in [0.15, 0.2) is 5.76 Å². The summed E-state index contributed by atoms with van der Waals surface area (Å²) in [6.07, 6.45) is 4.97. The zero-order valence-electron chi connectivity index (χ0n) is 17.7. The Labute approximate surface area is 193 Å². The van der Waals surface area contributed by atoms with Crippen molar-refractivity contribution in [1.29, 1.82) is 0 Å². The molecule has 1 saturated heterocycles. The van der Waals surface area contributed by atoms with Gasteiger partial charge in [0.25, 0.3) is 11.1 Å². The topological polar surface area (TPSA) is 90.3 Å². The number of nitrogens with zero attached hydrogens (tertiary/aromatic N) is 5. The number of rotatable bonds is 5. The van der Waals surface area contributed by atoms with E-state index in [0.29, 0.717) is 29.3 Å². The summed E-state index contributed by atoms with van der Waals surface area (Å²) in [6, 6.07) is 3.61. The van der Waals surface area contributed by atoms with Crippen LogP contribution in [0.15, 0.2) is 37.5 Å². The quantitative estimate of drug-likeness (QED) is 0.393. The Morgan fingerprint density at radius 1 is 1.22 bits per heavy atom. The second-order valence-electron chi connectivity index (χ2n) is 8.32. The molecular weight excluding hydrogens is 446 g/mol. The third-order valence-corrected chi connectivity index (χ3v) is 7.94. The average Bonchev–Trinajstić information content (AvgIpc) is 3.53. The van der Waals surface area contributed by atoms with Crippen molar-refractivity contribution in [1.82, 2.24) is 25.1 Å². The van der Waals surface area contributed by atoms with Gasteiger partial charge < -0.3 is 13.6 Å². The Balaban J connectivity index is 1.38. The maximum absolute atomic E-state index is 5.87. The molecule has 8 nitrogen and oxygen atoms in total. The van der Waals surface area contributed by atoms with E-state index in [0.717, 1.165) is 60.2 Å². The van der Waals surface area contributed by atoms with Gasteiger partial charge in [-0.25, -0.2) is 9.97 Å². The van der Waals surface area contributed by atoms with E-state index in [4.69, 9.17) is 23.5 Å². The van der Waals surface area contributed by atoms with E-state index in [9.17, 15) is 0 Å². The summed E-state index contributed by atoms with van der Waals surface area (Å²) in [5, 5.41) is 10.9. The maximum atomic E-state index is 5.87. The molecular formula is C22H23N5O3S2. The van der Waals surface area contributed by atoms with Crippen LogP contribution in [0, 0.1) is 5.92 Å². The summed E-state index contributed by atoms with van der Waals surface area (Å²) in [7, 11) is 0. The van der Waals surface area contributed by atoms with Crippen LogP contribution in [0.25, 0.3) is 21.9 Å². The van der Waals surface area contributed by atoms with E-state index in [2.05, 4.69) is 22.0 Å². The molecule has 0 amide bonds. The van der Waals surface area contributed by atoms with E-state index in [1.807, 2.05) is 17.4 Å². The van der Waals surface area contributed by atoms with Crippen LogP contribution in [-0.2, 0) is 24.1 Å². The van der Waals surface area contributed by atoms with E-state index in [1.165, 1.54) is 28.6 Å². The van der Waals surface area contributed by atoms with Crippen molar-refractivity contribution >= 4 is 33.3 Å². The molecule has 1 aliphatic heterocycles. The Hall–Kier alpha value is -2.27. The standard InChI is InChI=1S/C22H23N5O3S2/c1-13-4-5-14-16(11-13)31-20-18(14)21(24-17(23-20)12-27-6-9-28-10-7-27)32-22-26-25-19(30-22)15-3-2-8-29-15/h2-3,8,13H,4-7,9-12H2,1H3/t13-/m0/s1. The van der Waals surface area contributed by atoms with Crippen molar-refractivity contribution in [2.45, 2.75) is 43.0 Å². The average molecular weight is 470 g/mol. The van der Waals surface area contributed by atoms with Gasteiger partial charge in [-0.2, -0.15) is 0 Å². The van der Waals surface area contributed by atoms with Crippen LogP contribution in [-0.4, -0.2) is 51.4 Å². The van der Waals surface area contributed by atoms with Gasteiger partial charge in [0.05, 0.1) is 26.0 Å². The van der Waals surface area contributed by atoms with Gasteiger partial charge in [0.1, 0.15) is 15.7 Å². The van der Waals surface area contributed by atoms with Gasteiger partial charge in [0.2, 0.25) is 0 Å². The Kier molecular flexibility index (Phi) is 5.46. The van der Waals surface area contributed by atoms with Crippen molar-refractivity contribution in [3.8, 4) is 11.7 Å². The van der Waals surface area contributed by atoms with E-state index < -0.39 is 0 Å². The van der Waals surface area contributed by atoms with E-state index in [1.54, 1.807) is 12.3 Å². The third kappa shape index (κ3) is 3.96. The molecule has 0 bridgehead atoms. The Morgan fingerprint density at radius 3 is 2.97 bits per heavy atom. The lowest BCUT2D eigenvalue weighted by atomic mass is 9.89. The minimum Gasteiger partial charge on any atom is -0.459 e. The highest BCUT2D eigenvalue weighted by Gasteiger charge is 2.26. The predicted molar refractivity (Wildman–Crippen MR) is 121 cm³/mol. The normalized spacial score (nSPS) is 19.5. The lowest BCUT2D eigenvalue weighted by molar-refractivity contribution is 0.0330. The Bertz CT molecular complexity index is 1230. The number of aryl methyl sites for hydroxylation is 1. The first-order chi connectivity index (χ1) is 15.7. The molecule has 2 aliphatic rings. The summed E-state index contributed by atoms with van der Waals surface area (Å²) in [6.45, 7) is 6.36. The predicted octanol–water partition coefficient (Wildman–Crippen LogP) is 4.44. The second-order valence-corrected chi connectivity index (χ2v) is 10.3. The lowest BCUT2D eigenvalue weighted by Gasteiger charge is -2.25. The molecule has 0 saturated carbocycles. The summed E-state index contributed by atoms with van der Waals surface area (Å²) in [5.41, 5.74) is 1.40. The molecule has 1 atom stereocenters. The fourth-order valence-corrected chi connectivity index (χ4v) is 6.60. The number of aromatic nitrogens is 4. The molecule has 0 N–H and O–H groups in total. The summed E-state index contributed by atoms with van der Waals surface area (Å²) < 4.78 is 16.7. The number of hydrogen-bond donors (Lipinski definition) is 0. The molecule has 32 heavy (non-hydrogen) atoms. The zero-order valence-corrected chi connectivity index (χ0v) is 19.4. The fraction of sp³-hybridized carbons (Fsp3) is 0.455. The maximum Gasteiger partial charge on any atom is 0.284 e. The van der Waals surface area contributed by atoms with Crippen molar-refractivity contribution in [3.05, 3.63) is 34.7 Å². The number of hydrogen-bond acceptors (Lipinski definition) is 10. The van der Waals surface area contributed by atoms with Gasteiger partial charge >= 0.3 is 0 Å². The zero-order chi connectivity index (χ0) is 21.5. The third-order valence-electron chi connectivity index (χ3n) is 5.96. The van der Waals surface area contributed by atoms with Crippen LogP contribution in [0.2, 0.25) is 0 Å². The van der Waals surface area contributed by atoms with Crippen LogP contribution in [0.5, 0.6) is 0 Å². The number of furan rings is 1. The van der Waals surface area contributed by atoms with E-state index in [-0.39, 0.29) is 0 Å². The second kappa shape index (κ2) is 8.58. The van der Waals surface area contributed by atoms with Crippen LogP contribution >= 0.6 is 23.1 Å². The van der Waals surface area contributed by atoms with Crippen LogP contribution in [0.3, 0.4) is 0 Å². The molecule has 4 aromatic heterocycles. The van der Waals surface area contributed by atoms with Gasteiger partial charge in [-0.1, -0.05) is 6.92 Å². The van der Waals surface area contributed by atoms with Crippen molar-refractivity contribution in [3.63, 3.8) is 0 Å². The fourth-order valence-electron chi connectivity index (χ4n) is 4.29. The van der Waals surface area contributed by atoms with Crippen LogP contribution in [0.4, 0.5) is 0 Å². The highest BCUT2D eigenvalue weighted by Crippen LogP contribution is 2.42. The molecule has 1 fully saturated rings. The van der Waals surface area contributed by atoms with Gasteiger partial charge in [0, 0.05) is 23.4 Å². The monoisotopic (exact) mass is 469 g/mol. The number of thiophene rings is 1. The highest BCUT2D eigenvalue weighted by atomic mass is 32.2. The van der Waals surface area contributed by atoms with Gasteiger partial charge in [-0.3, -0.25) is 4.90 Å². The minimum atomic E-state index is 0.373. The first-order valence-electron chi connectivity index (χ1n) is 10.9. The number of morpholine rings is 1. The number of fused-ring (bicyclic) bond motifs is 3. The van der Waals surface area contributed by atoms with Crippen molar-refractivity contribution < 1.29 is 13.6 Å². The van der Waals surface area contributed by atoms with E-state index >= 15 is 0 Å². The summed E-state index contributed by atoms with van der Waals surface area (Å²) in [5.74, 6) is 2.48. The molecule has 166 valence electrons. The first-order valence-corrected chi connectivity index (χ1v) is 12.5. The molecule has 1 aliphatic carbocycles. The Morgan fingerprint density at radius 2 is 2.12 bits per heavy atom. The largest absolute Gasteiger partial charge is 0.459 e. The molecule has 5 heterocycles. The molecule has 6 rings (SSSR count). The molecule has 0 radical (unpaired) electrons. The molecule has 0 aromatic carbocycles. The summed E-state index contributed by atoms with van der Waals surface area (Å²) in [4.78, 5) is 14.8. The van der Waals surface area contributed by atoms with Crippen LogP contribution in [0.1, 0.15) is 29.6 Å². The van der Waals surface area contributed by atoms with Gasteiger partial charge in [-0.15, -0.1) is 21.5 Å². The lowest BCUT2D eigenvalue weighted by Crippen LogP contribution is -2.36. The minimum absolute atomic E-state index is 0.373. The summed E-state index contributed by atoms with van der Waals surface area (Å²) >= 11 is 3.24. The number of ether oxygens (including phenoxy) is 1. The first kappa shape index (κ1) is 20.3. The van der Waals surface area contributed by atoms with Crippen molar-refractivity contribution in [2.24, 2.45) is 5.92 Å². The van der Waals surface area contributed by atoms with Crippen molar-refractivity contribution in [2.75, 3.05) is 26.3 Å². The highest BCUT2D eigenvalue weighted by molar-refractivity contribution is 7.99. The smallest absolute Gasteiger partial charge is 0.284 e. The molecule has 0 unspecified atom stereocenters. The van der Waals surface area contributed by atoms with Gasteiger partial charge in [-0.05, 0) is 54.6 Å². The molecule has 10 heteroatoms. The SMILES string of the molecule is C[C@H]1CCc2c(sc3nc(CN4CCOCC4)nc(Sc4nnc(-c5ccco5)o4)c23)C1. The molecule has 4 aromatic rings.